The number of rotatable bonds is 4. The first-order valence-corrected chi connectivity index (χ1v) is 8.46. The van der Waals surface area contributed by atoms with Crippen LogP contribution < -0.4 is 16.2 Å². The van der Waals surface area contributed by atoms with E-state index in [2.05, 4.69) is 5.32 Å². The van der Waals surface area contributed by atoms with Crippen LogP contribution in [0.2, 0.25) is 5.02 Å². The summed E-state index contributed by atoms with van der Waals surface area (Å²) >= 11 is 7.25. The summed E-state index contributed by atoms with van der Waals surface area (Å²) in [6, 6.07) is 5.27. The van der Waals surface area contributed by atoms with Gasteiger partial charge >= 0.3 is 0 Å². The molecule has 1 aromatic heterocycles. The summed E-state index contributed by atoms with van der Waals surface area (Å²) in [5.74, 6) is -0.770. The minimum atomic E-state index is -3.61. The second-order valence-corrected chi connectivity index (χ2v) is 7.27. The predicted octanol–water partition coefficient (Wildman–Crippen LogP) is 1.16. The van der Waals surface area contributed by atoms with Gasteiger partial charge in [0.05, 0.1) is 16.5 Å². The second kappa shape index (κ2) is 5.57. The summed E-state index contributed by atoms with van der Waals surface area (Å²) < 4.78 is 22.4. The van der Waals surface area contributed by atoms with Crippen molar-refractivity contribution in [2.75, 3.05) is 18.0 Å². The molecule has 0 aliphatic carbocycles. The van der Waals surface area contributed by atoms with Gasteiger partial charge in [-0.05, 0) is 12.1 Å². The van der Waals surface area contributed by atoms with Crippen LogP contribution in [0.1, 0.15) is 9.67 Å². The number of nitrogens with one attached hydrogen (secondary N) is 1. The third-order valence-corrected chi connectivity index (χ3v) is 4.84. The fourth-order valence-corrected chi connectivity index (χ4v) is 3.47. The Bertz CT molecular complexity index is 771. The highest BCUT2D eigenvalue weighted by Gasteiger charge is 2.18. The van der Waals surface area contributed by atoms with Gasteiger partial charge in [-0.25, -0.2) is 13.6 Å². The van der Waals surface area contributed by atoms with E-state index in [0.29, 0.717) is 21.0 Å². The number of primary sulfonamides is 1. The quantitative estimate of drug-likeness (QED) is 0.778. The highest BCUT2D eigenvalue weighted by molar-refractivity contribution is 7.89. The number of thiophene rings is 1. The van der Waals surface area contributed by atoms with Crippen LogP contribution in [0.3, 0.4) is 0 Å². The van der Waals surface area contributed by atoms with Crippen molar-refractivity contribution in [2.24, 2.45) is 5.14 Å². The molecule has 0 spiro atoms. The largest absolute Gasteiger partial charge is 0.397 e. The summed E-state index contributed by atoms with van der Waals surface area (Å²) in [4.78, 5) is 12.3. The van der Waals surface area contributed by atoms with E-state index >= 15 is 0 Å². The van der Waals surface area contributed by atoms with Crippen LogP contribution in [0.25, 0.3) is 10.1 Å². The molecular weight excluding hydrogens is 322 g/mol. The molecule has 9 heteroatoms. The Balaban J connectivity index is 2.23. The number of halogens is 1. The molecule has 0 aliphatic heterocycles. The Morgan fingerprint density at radius 3 is 2.70 bits per heavy atom. The smallest absolute Gasteiger partial charge is 0.263 e. The Morgan fingerprint density at radius 1 is 1.40 bits per heavy atom. The fourth-order valence-electron chi connectivity index (χ4n) is 1.69. The van der Waals surface area contributed by atoms with Gasteiger partial charge in [0.2, 0.25) is 10.0 Å². The maximum absolute atomic E-state index is 12.0. The van der Waals surface area contributed by atoms with Gasteiger partial charge in [-0.3, -0.25) is 4.79 Å². The van der Waals surface area contributed by atoms with Crippen molar-refractivity contribution in [1.29, 1.82) is 0 Å². The van der Waals surface area contributed by atoms with Crippen LogP contribution in [0, 0.1) is 0 Å². The molecule has 1 heterocycles. The van der Waals surface area contributed by atoms with Crippen molar-refractivity contribution in [3.63, 3.8) is 0 Å². The number of benzene rings is 1. The lowest BCUT2D eigenvalue weighted by molar-refractivity contribution is 0.0961. The van der Waals surface area contributed by atoms with E-state index in [1.807, 2.05) is 6.07 Å². The molecule has 20 heavy (non-hydrogen) atoms. The Morgan fingerprint density at radius 2 is 2.10 bits per heavy atom. The topological polar surface area (TPSA) is 115 Å². The van der Waals surface area contributed by atoms with Gasteiger partial charge in [0, 0.05) is 16.6 Å². The normalized spacial score (nSPS) is 11.7. The number of sulfonamides is 1. The lowest BCUT2D eigenvalue weighted by atomic mass is 10.2. The summed E-state index contributed by atoms with van der Waals surface area (Å²) in [6.45, 7) is -0.0704. The third-order valence-electron chi connectivity index (χ3n) is 2.58. The van der Waals surface area contributed by atoms with E-state index in [-0.39, 0.29) is 12.3 Å². The SMILES string of the molecule is Nc1c(C(=O)NCCS(N)(=O)=O)sc2cccc(Cl)c12. The first kappa shape index (κ1) is 15.0. The average Bonchev–Trinajstić information content (AvgIpc) is 2.66. The Hall–Kier alpha value is -1.35. The van der Waals surface area contributed by atoms with Crippen molar-refractivity contribution in [3.8, 4) is 0 Å². The lowest BCUT2D eigenvalue weighted by Crippen LogP contribution is -2.31. The van der Waals surface area contributed by atoms with Crippen molar-refractivity contribution >= 4 is 54.6 Å². The standard InChI is InChI=1S/C11H12ClN3O3S2/c12-6-2-1-3-7-8(6)9(13)10(19-7)11(16)15-4-5-20(14,17)18/h1-3H,4-5,13H2,(H,15,16)(H2,14,17,18). The minimum Gasteiger partial charge on any atom is -0.397 e. The van der Waals surface area contributed by atoms with E-state index in [1.165, 1.54) is 11.3 Å². The number of amides is 1. The van der Waals surface area contributed by atoms with Crippen LogP contribution in [-0.2, 0) is 10.0 Å². The molecule has 1 aromatic carbocycles. The number of hydrogen-bond acceptors (Lipinski definition) is 5. The van der Waals surface area contributed by atoms with E-state index in [9.17, 15) is 13.2 Å². The average molecular weight is 334 g/mol. The number of nitrogens with two attached hydrogens (primary N) is 2. The maximum atomic E-state index is 12.0. The van der Waals surface area contributed by atoms with Crippen LogP contribution in [0.4, 0.5) is 5.69 Å². The molecule has 0 fully saturated rings. The number of carbonyl (C=O) groups excluding carboxylic acids is 1. The van der Waals surface area contributed by atoms with E-state index in [1.54, 1.807) is 12.1 Å². The second-order valence-electron chi connectivity index (χ2n) is 4.08. The zero-order valence-electron chi connectivity index (χ0n) is 10.2. The summed E-state index contributed by atoms with van der Waals surface area (Å²) in [7, 11) is -3.61. The van der Waals surface area contributed by atoms with Crippen LogP contribution in [0.5, 0.6) is 0 Å². The molecule has 0 aliphatic rings. The van der Waals surface area contributed by atoms with Crippen LogP contribution in [0.15, 0.2) is 18.2 Å². The molecule has 2 aromatic rings. The van der Waals surface area contributed by atoms with Crippen molar-refractivity contribution in [2.45, 2.75) is 0 Å². The van der Waals surface area contributed by atoms with Crippen LogP contribution >= 0.6 is 22.9 Å². The van der Waals surface area contributed by atoms with Gasteiger partial charge in [-0.15, -0.1) is 11.3 Å². The molecule has 2 rings (SSSR count). The Labute approximate surface area is 124 Å². The van der Waals surface area contributed by atoms with E-state index < -0.39 is 15.9 Å². The number of nitrogen functional groups attached to an aromatic ring is 1. The molecule has 1 amide bonds. The predicted molar refractivity (Wildman–Crippen MR) is 81.6 cm³/mol. The van der Waals surface area contributed by atoms with Gasteiger partial charge in [0.1, 0.15) is 4.88 Å². The van der Waals surface area contributed by atoms with Gasteiger partial charge in [0.15, 0.2) is 0 Å². The van der Waals surface area contributed by atoms with Gasteiger partial charge in [0.25, 0.3) is 5.91 Å². The first-order chi connectivity index (χ1) is 9.29. The summed E-state index contributed by atoms with van der Waals surface area (Å²) in [5.41, 5.74) is 6.22. The number of hydrogen-bond donors (Lipinski definition) is 3. The maximum Gasteiger partial charge on any atom is 0.263 e. The van der Waals surface area contributed by atoms with E-state index in [4.69, 9.17) is 22.5 Å². The van der Waals surface area contributed by atoms with Crippen molar-refractivity contribution < 1.29 is 13.2 Å². The number of anilines is 1. The third kappa shape index (κ3) is 3.21. The van der Waals surface area contributed by atoms with Gasteiger partial charge < -0.3 is 11.1 Å². The molecular formula is C11H12ClN3O3S2. The highest BCUT2D eigenvalue weighted by atomic mass is 35.5. The number of fused-ring (bicyclic) bond motifs is 1. The fraction of sp³-hybridized carbons (Fsp3) is 0.182. The monoisotopic (exact) mass is 333 g/mol. The molecule has 108 valence electrons. The highest BCUT2D eigenvalue weighted by Crippen LogP contribution is 2.37. The zero-order valence-corrected chi connectivity index (χ0v) is 12.6. The molecule has 5 N–H and O–H groups in total. The molecule has 6 nitrogen and oxygen atoms in total. The molecule has 0 unspecified atom stereocenters. The van der Waals surface area contributed by atoms with E-state index in [0.717, 1.165) is 4.70 Å². The summed E-state index contributed by atoms with van der Waals surface area (Å²) in [6.07, 6.45) is 0. The molecule has 0 radical (unpaired) electrons. The molecule has 0 saturated carbocycles. The minimum absolute atomic E-state index is 0.0704. The molecule has 0 atom stereocenters. The number of carbonyl (C=O) groups is 1. The zero-order chi connectivity index (χ0) is 14.9. The first-order valence-electron chi connectivity index (χ1n) is 5.55. The Kier molecular flexibility index (Phi) is 4.19. The van der Waals surface area contributed by atoms with Gasteiger partial charge in [-0.2, -0.15) is 0 Å². The van der Waals surface area contributed by atoms with Gasteiger partial charge in [-0.1, -0.05) is 17.7 Å². The lowest BCUT2D eigenvalue weighted by Gasteiger charge is -2.03. The van der Waals surface area contributed by atoms with Crippen molar-refractivity contribution in [1.82, 2.24) is 5.32 Å². The summed E-state index contributed by atoms with van der Waals surface area (Å²) in [5, 5.41) is 8.43. The van der Waals surface area contributed by atoms with Crippen LogP contribution in [-0.4, -0.2) is 26.6 Å². The molecule has 0 saturated heterocycles. The molecule has 0 bridgehead atoms. The van der Waals surface area contributed by atoms with Crippen molar-refractivity contribution in [3.05, 3.63) is 28.1 Å².